The highest BCUT2D eigenvalue weighted by Crippen LogP contribution is 2.20. The molecule has 1 aliphatic heterocycles. The summed E-state index contributed by atoms with van der Waals surface area (Å²) in [6.45, 7) is 9.53. The maximum Gasteiger partial charge on any atom is 0.197 e. The summed E-state index contributed by atoms with van der Waals surface area (Å²) in [6.07, 6.45) is 5.02. The summed E-state index contributed by atoms with van der Waals surface area (Å²) in [5.74, 6) is 0. The van der Waals surface area contributed by atoms with E-state index < -0.39 is 0 Å². The predicted molar refractivity (Wildman–Crippen MR) is 130 cm³/mol. The molecule has 4 rings (SSSR count). The molecule has 0 unspecified atom stereocenters. The molecule has 1 aliphatic rings. The third-order valence-corrected chi connectivity index (χ3v) is 6.47. The van der Waals surface area contributed by atoms with Crippen molar-refractivity contribution in [2.45, 2.75) is 26.2 Å². The Bertz CT molecular complexity index is 1050. The van der Waals surface area contributed by atoms with E-state index in [1.807, 2.05) is 24.4 Å². The van der Waals surface area contributed by atoms with Crippen LogP contribution in [0.15, 0.2) is 53.5 Å². The SMILES string of the molecule is CCc1ccc(-c2c[nH]c3cc(CCCN4CCN(CCN)CC4)ccc3c2=O)cc1. The highest BCUT2D eigenvalue weighted by Gasteiger charge is 2.15. The van der Waals surface area contributed by atoms with Gasteiger partial charge in [-0.25, -0.2) is 0 Å². The first-order chi connectivity index (χ1) is 15.2. The molecular formula is C26H34N4O. The molecule has 1 fully saturated rings. The summed E-state index contributed by atoms with van der Waals surface area (Å²) in [5, 5.41) is 0.761. The van der Waals surface area contributed by atoms with Gasteiger partial charge in [-0.2, -0.15) is 0 Å². The van der Waals surface area contributed by atoms with E-state index in [4.69, 9.17) is 5.73 Å². The quantitative estimate of drug-likeness (QED) is 0.589. The molecule has 0 spiro atoms. The summed E-state index contributed by atoms with van der Waals surface area (Å²) < 4.78 is 0. The monoisotopic (exact) mass is 418 g/mol. The Hall–Kier alpha value is -2.47. The van der Waals surface area contributed by atoms with Gasteiger partial charge in [-0.3, -0.25) is 9.69 Å². The van der Waals surface area contributed by atoms with Gasteiger partial charge in [0.05, 0.1) is 0 Å². The van der Waals surface area contributed by atoms with Gasteiger partial charge in [0.15, 0.2) is 5.43 Å². The zero-order valence-electron chi connectivity index (χ0n) is 18.6. The van der Waals surface area contributed by atoms with Gasteiger partial charge in [0.2, 0.25) is 0 Å². The fraction of sp³-hybridized carbons (Fsp3) is 0.423. The summed E-state index contributed by atoms with van der Waals surface area (Å²) in [5.41, 5.74) is 10.9. The fourth-order valence-corrected chi connectivity index (χ4v) is 4.49. The zero-order chi connectivity index (χ0) is 21.6. The highest BCUT2D eigenvalue weighted by atomic mass is 16.1. The number of aromatic nitrogens is 1. The van der Waals surface area contributed by atoms with Gasteiger partial charge in [0.1, 0.15) is 0 Å². The molecule has 0 radical (unpaired) electrons. The summed E-state index contributed by atoms with van der Waals surface area (Å²) in [4.78, 5) is 21.4. The number of pyridine rings is 1. The van der Waals surface area contributed by atoms with Crippen molar-refractivity contribution in [2.24, 2.45) is 5.73 Å². The van der Waals surface area contributed by atoms with Crippen LogP contribution in [0.4, 0.5) is 0 Å². The Morgan fingerprint density at radius 3 is 2.29 bits per heavy atom. The average molecular weight is 419 g/mol. The summed E-state index contributed by atoms with van der Waals surface area (Å²) in [6, 6.07) is 14.5. The smallest absolute Gasteiger partial charge is 0.197 e. The van der Waals surface area contributed by atoms with Crippen LogP contribution >= 0.6 is 0 Å². The molecule has 3 N–H and O–H groups in total. The lowest BCUT2D eigenvalue weighted by molar-refractivity contribution is 0.134. The van der Waals surface area contributed by atoms with Crippen LogP contribution < -0.4 is 11.2 Å². The Morgan fingerprint density at radius 1 is 0.935 bits per heavy atom. The van der Waals surface area contributed by atoms with Crippen LogP contribution in [0.5, 0.6) is 0 Å². The number of nitrogens with one attached hydrogen (secondary N) is 1. The largest absolute Gasteiger partial charge is 0.360 e. The minimum atomic E-state index is 0.0971. The van der Waals surface area contributed by atoms with Crippen molar-refractivity contribution in [1.82, 2.24) is 14.8 Å². The van der Waals surface area contributed by atoms with Crippen molar-refractivity contribution in [1.29, 1.82) is 0 Å². The Morgan fingerprint density at radius 2 is 1.61 bits per heavy atom. The molecule has 31 heavy (non-hydrogen) atoms. The Balaban J connectivity index is 1.39. The minimum Gasteiger partial charge on any atom is -0.360 e. The van der Waals surface area contributed by atoms with E-state index in [1.54, 1.807) is 0 Å². The van der Waals surface area contributed by atoms with Crippen LogP contribution in [0, 0.1) is 0 Å². The number of hydrogen-bond donors (Lipinski definition) is 2. The lowest BCUT2D eigenvalue weighted by Gasteiger charge is -2.34. The zero-order valence-corrected chi connectivity index (χ0v) is 18.6. The second-order valence-electron chi connectivity index (χ2n) is 8.54. The second kappa shape index (κ2) is 10.2. The number of nitrogens with zero attached hydrogens (tertiary/aromatic N) is 2. The van der Waals surface area contributed by atoms with Gasteiger partial charge in [-0.15, -0.1) is 0 Å². The van der Waals surface area contributed by atoms with Crippen molar-refractivity contribution < 1.29 is 0 Å². The van der Waals surface area contributed by atoms with E-state index in [0.717, 1.165) is 87.1 Å². The Kier molecular flexibility index (Phi) is 7.17. The molecule has 0 bridgehead atoms. The number of aryl methyl sites for hydroxylation is 2. The van der Waals surface area contributed by atoms with E-state index in [0.29, 0.717) is 0 Å². The van der Waals surface area contributed by atoms with Gasteiger partial charge in [-0.1, -0.05) is 37.3 Å². The standard InChI is InChI=1S/C26H34N4O/c1-2-20-5-8-22(9-6-20)24-19-28-25-18-21(7-10-23(25)26(24)31)4-3-12-29-14-16-30(13-11-27)17-15-29/h5-10,18-19H,2-4,11-17,27H2,1H3,(H,28,31). The highest BCUT2D eigenvalue weighted by molar-refractivity contribution is 5.83. The maximum atomic E-state index is 13.0. The number of aromatic amines is 1. The van der Waals surface area contributed by atoms with Crippen molar-refractivity contribution in [3.05, 3.63) is 70.0 Å². The first-order valence-electron chi connectivity index (χ1n) is 11.6. The molecule has 0 atom stereocenters. The van der Waals surface area contributed by atoms with E-state index in [-0.39, 0.29) is 5.43 Å². The molecule has 1 saturated heterocycles. The summed E-state index contributed by atoms with van der Waals surface area (Å²) in [7, 11) is 0. The van der Waals surface area contributed by atoms with Crippen LogP contribution in [0.1, 0.15) is 24.5 Å². The van der Waals surface area contributed by atoms with Gasteiger partial charge >= 0.3 is 0 Å². The fourth-order valence-electron chi connectivity index (χ4n) is 4.49. The van der Waals surface area contributed by atoms with Gasteiger partial charge in [0.25, 0.3) is 0 Å². The lowest BCUT2D eigenvalue weighted by atomic mass is 10.0. The number of nitrogens with two attached hydrogens (primary N) is 1. The molecule has 5 nitrogen and oxygen atoms in total. The predicted octanol–water partition coefficient (Wildman–Crippen LogP) is 3.27. The third-order valence-electron chi connectivity index (χ3n) is 6.47. The normalized spacial score (nSPS) is 15.5. The number of rotatable bonds is 8. The average Bonchev–Trinajstić information content (AvgIpc) is 2.81. The molecule has 0 saturated carbocycles. The van der Waals surface area contributed by atoms with Crippen LogP contribution in [-0.2, 0) is 12.8 Å². The van der Waals surface area contributed by atoms with Gasteiger partial charge in [-0.05, 0) is 54.6 Å². The number of H-pyrrole nitrogens is 1. The molecule has 164 valence electrons. The Labute approximate surface area is 184 Å². The number of hydrogen-bond acceptors (Lipinski definition) is 4. The molecule has 2 heterocycles. The van der Waals surface area contributed by atoms with E-state index in [9.17, 15) is 4.79 Å². The molecule has 3 aromatic rings. The first kappa shape index (κ1) is 21.8. The molecule has 1 aromatic heterocycles. The topological polar surface area (TPSA) is 65.4 Å². The molecule has 0 aliphatic carbocycles. The minimum absolute atomic E-state index is 0.0971. The summed E-state index contributed by atoms with van der Waals surface area (Å²) >= 11 is 0. The van der Waals surface area contributed by atoms with Crippen molar-refractivity contribution in [2.75, 3.05) is 45.8 Å². The van der Waals surface area contributed by atoms with E-state index >= 15 is 0 Å². The van der Waals surface area contributed by atoms with Crippen LogP contribution in [0.25, 0.3) is 22.0 Å². The molecule has 0 amide bonds. The van der Waals surface area contributed by atoms with Crippen molar-refractivity contribution in [3.63, 3.8) is 0 Å². The molecule has 5 heteroatoms. The number of benzene rings is 2. The number of piperazine rings is 1. The molecule has 2 aromatic carbocycles. The maximum absolute atomic E-state index is 13.0. The van der Waals surface area contributed by atoms with Gasteiger partial charge in [0, 0.05) is 61.9 Å². The van der Waals surface area contributed by atoms with Crippen molar-refractivity contribution in [3.8, 4) is 11.1 Å². The van der Waals surface area contributed by atoms with Crippen LogP contribution in [-0.4, -0.2) is 60.6 Å². The third kappa shape index (κ3) is 5.24. The van der Waals surface area contributed by atoms with Crippen LogP contribution in [0.2, 0.25) is 0 Å². The number of fused-ring (bicyclic) bond motifs is 1. The van der Waals surface area contributed by atoms with Crippen LogP contribution in [0.3, 0.4) is 0 Å². The first-order valence-corrected chi connectivity index (χ1v) is 11.6. The lowest BCUT2D eigenvalue weighted by Crippen LogP contribution is -2.47. The van der Waals surface area contributed by atoms with E-state index in [2.05, 4.69) is 46.0 Å². The van der Waals surface area contributed by atoms with E-state index in [1.165, 1.54) is 11.1 Å². The van der Waals surface area contributed by atoms with Gasteiger partial charge < -0.3 is 15.6 Å². The van der Waals surface area contributed by atoms with Crippen molar-refractivity contribution >= 4 is 10.9 Å². The second-order valence-corrected chi connectivity index (χ2v) is 8.54. The molecular weight excluding hydrogens is 384 g/mol.